The third-order valence-electron chi connectivity index (χ3n) is 8.26. The molecule has 5 rings (SSSR count). The van der Waals surface area contributed by atoms with Crippen molar-refractivity contribution in [2.75, 3.05) is 26.7 Å². The van der Waals surface area contributed by atoms with Gasteiger partial charge in [-0.2, -0.15) is 0 Å². The Morgan fingerprint density at radius 1 is 1.08 bits per heavy atom. The van der Waals surface area contributed by atoms with Crippen LogP contribution in [-0.2, 0) is 14.4 Å². The van der Waals surface area contributed by atoms with Crippen LogP contribution in [0.15, 0.2) is 54.6 Å². The van der Waals surface area contributed by atoms with Gasteiger partial charge in [-0.15, -0.1) is 11.8 Å². The van der Waals surface area contributed by atoms with Crippen molar-refractivity contribution in [1.82, 2.24) is 14.7 Å². The van der Waals surface area contributed by atoms with Crippen molar-refractivity contribution in [2.45, 2.75) is 54.8 Å². The van der Waals surface area contributed by atoms with Gasteiger partial charge >= 0.3 is 0 Å². The largest absolute Gasteiger partial charge is 0.394 e. The van der Waals surface area contributed by atoms with E-state index < -0.39 is 28.7 Å². The van der Waals surface area contributed by atoms with Crippen LogP contribution >= 0.6 is 11.8 Å². The molecule has 1 aromatic carbocycles. The molecule has 4 aliphatic rings. The summed E-state index contributed by atoms with van der Waals surface area (Å²) >= 11 is 1.58. The maximum absolute atomic E-state index is 14.4. The molecule has 1 N–H and O–H groups in total. The van der Waals surface area contributed by atoms with Crippen LogP contribution in [0.5, 0.6) is 0 Å². The molecule has 7 nitrogen and oxygen atoms in total. The lowest BCUT2D eigenvalue weighted by molar-refractivity contribution is -0.147. The third kappa shape index (κ3) is 3.72. The summed E-state index contributed by atoms with van der Waals surface area (Å²) in [5, 5.41) is 10.4. The van der Waals surface area contributed by atoms with E-state index in [1.165, 1.54) is 0 Å². The fraction of sp³-hybridized carbons (Fsp3) is 0.536. The molecule has 0 radical (unpaired) electrons. The van der Waals surface area contributed by atoms with Crippen molar-refractivity contribution in [3.05, 3.63) is 60.2 Å². The molecule has 192 valence electrons. The summed E-state index contributed by atoms with van der Waals surface area (Å²) in [4.78, 5) is 47.5. The molecule has 0 aliphatic carbocycles. The molecule has 4 heterocycles. The lowest BCUT2D eigenvalue weighted by Crippen LogP contribution is -2.55. The van der Waals surface area contributed by atoms with Gasteiger partial charge in [0.05, 0.1) is 29.2 Å². The summed E-state index contributed by atoms with van der Waals surface area (Å²) in [7, 11) is 1.77. The van der Waals surface area contributed by atoms with Gasteiger partial charge in [0.15, 0.2) is 0 Å². The van der Waals surface area contributed by atoms with Crippen molar-refractivity contribution in [1.29, 1.82) is 0 Å². The Morgan fingerprint density at radius 3 is 2.53 bits per heavy atom. The molecule has 36 heavy (non-hydrogen) atoms. The van der Waals surface area contributed by atoms with E-state index in [-0.39, 0.29) is 35.6 Å². The number of benzene rings is 1. The smallest absolute Gasteiger partial charge is 0.247 e. The normalized spacial score (nSPS) is 33.2. The summed E-state index contributed by atoms with van der Waals surface area (Å²) in [6.45, 7) is 4.84. The number of likely N-dealkylation sites (tertiary alicyclic amines) is 1. The van der Waals surface area contributed by atoms with Crippen LogP contribution in [-0.4, -0.2) is 86.4 Å². The molecular weight excluding hydrogens is 474 g/mol. The molecule has 2 fully saturated rings. The number of rotatable bonds is 6. The number of carbonyl (C=O) groups is 3. The zero-order chi connectivity index (χ0) is 25.6. The molecule has 3 amide bonds. The molecule has 0 aromatic heterocycles. The van der Waals surface area contributed by atoms with E-state index in [4.69, 9.17) is 0 Å². The molecule has 4 aliphatic heterocycles. The third-order valence-corrected chi connectivity index (χ3v) is 10.0. The Hall–Kier alpha value is -2.58. The molecule has 8 heteroatoms. The van der Waals surface area contributed by atoms with Gasteiger partial charge in [0, 0.05) is 31.4 Å². The van der Waals surface area contributed by atoms with Gasteiger partial charge < -0.3 is 19.8 Å². The Labute approximate surface area is 217 Å². The number of likely N-dealkylation sites (N-methyl/N-ethyl adjacent to an activating group) is 1. The molecule has 1 spiro atoms. The highest BCUT2D eigenvalue weighted by Crippen LogP contribution is 2.62. The summed E-state index contributed by atoms with van der Waals surface area (Å²) in [5.74, 6) is -1.60. The second kappa shape index (κ2) is 9.71. The number of nitrogens with zero attached hydrogens (tertiary/aromatic N) is 3. The van der Waals surface area contributed by atoms with Crippen LogP contribution in [0, 0.1) is 11.8 Å². The maximum atomic E-state index is 14.4. The van der Waals surface area contributed by atoms with Gasteiger partial charge in [0.25, 0.3) is 0 Å². The van der Waals surface area contributed by atoms with E-state index in [2.05, 4.69) is 13.8 Å². The molecule has 1 aromatic rings. The number of amides is 3. The first-order valence-electron chi connectivity index (χ1n) is 12.9. The van der Waals surface area contributed by atoms with E-state index in [0.717, 1.165) is 18.4 Å². The second-order valence-corrected chi connectivity index (χ2v) is 11.9. The Balaban J connectivity index is 1.67. The number of hydrogen-bond acceptors (Lipinski definition) is 5. The van der Waals surface area contributed by atoms with Gasteiger partial charge in [-0.25, -0.2) is 0 Å². The summed E-state index contributed by atoms with van der Waals surface area (Å²) < 4.78 is -0.870. The van der Waals surface area contributed by atoms with Crippen molar-refractivity contribution >= 4 is 29.5 Å². The van der Waals surface area contributed by atoms with E-state index in [0.29, 0.717) is 13.1 Å². The van der Waals surface area contributed by atoms with Gasteiger partial charge in [-0.3, -0.25) is 14.4 Å². The fourth-order valence-electron chi connectivity index (χ4n) is 6.56. The van der Waals surface area contributed by atoms with Crippen molar-refractivity contribution in [2.24, 2.45) is 11.8 Å². The van der Waals surface area contributed by atoms with E-state index in [1.54, 1.807) is 28.6 Å². The van der Waals surface area contributed by atoms with Crippen molar-refractivity contribution in [3.8, 4) is 0 Å². The SMILES string of the molecule is CCCC(C)N1CC=C[C@]23S[C@@H]4C=CCN(C)C(=O)[C@@H]4[C@H]2C(=O)N([C@H](CO)c2ccccc2)C3C1=O. The van der Waals surface area contributed by atoms with Crippen LogP contribution in [0.4, 0.5) is 0 Å². The predicted molar refractivity (Wildman–Crippen MR) is 140 cm³/mol. The first-order valence-corrected chi connectivity index (χ1v) is 13.8. The quantitative estimate of drug-likeness (QED) is 0.597. The minimum atomic E-state index is -0.870. The molecule has 7 atom stereocenters. The number of thioether (sulfide) groups is 1. The standard InChI is InChI=1S/C28H35N3O4S/c1-4-10-18(2)30-16-9-14-28-23(22-21(36-28)13-8-15-29(3)25(22)33)26(34)31(24(28)27(30)35)20(17-32)19-11-6-5-7-12-19/h5-9,11-14,18,20-24,32H,4,10,15-17H2,1-3H3/t18?,20-,21-,22+,23+,24?,28+/m1/s1. The Bertz CT molecular complexity index is 1090. The molecule has 2 saturated heterocycles. The number of fused-ring (bicyclic) bond motifs is 2. The Kier molecular flexibility index (Phi) is 6.76. The number of hydrogen-bond donors (Lipinski definition) is 1. The zero-order valence-corrected chi connectivity index (χ0v) is 21.9. The first-order chi connectivity index (χ1) is 17.4. The summed E-state index contributed by atoms with van der Waals surface area (Å²) in [5.41, 5.74) is 0.781. The number of aliphatic hydroxyl groups excluding tert-OH is 1. The van der Waals surface area contributed by atoms with Crippen LogP contribution < -0.4 is 0 Å². The lowest BCUT2D eigenvalue weighted by Gasteiger charge is -2.40. The molecule has 0 bridgehead atoms. The molecular formula is C28H35N3O4S. The average Bonchev–Trinajstić information content (AvgIpc) is 3.19. The molecule has 0 saturated carbocycles. The van der Waals surface area contributed by atoms with Gasteiger partial charge in [0.2, 0.25) is 17.7 Å². The summed E-state index contributed by atoms with van der Waals surface area (Å²) in [6, 6.07) is 7.96. The molecule has 2 unspecified atom stereocenters. The van der Waals surface area contributed by atoms with Gasteiger partial charge in [-0.05, 0) is 18.9 Å². The highest BCUT2D eigenvalue weighted by Gasteiger charge is 2.71. The van der Waals surface area contributed by atoms with E-state index in [1.807, 2.05) is 59.5 Å². The average molecular weight is 510 g/mol. The van der Waals surface area contributed by atoms with Gasteiger partial charge in [-0.1, -0.05) is 68.0 Å². The topological polar surface area (TPSA) is 81.2 Å². The summed E-state index contributed by atoms with van der Waals surface area (Å²) in [6.07, 6.45) is 9.90. The maximum Gasteiger partial charge on any atom is 0.247 e. The number of aliphatic hydroxyl groups is 1. The Morgan fingerprint density at radius 2 is 1.83 bits per heavy atom. The van der Waals surface area contributed by atoms with E-state index in [9.17, 15) is 19.5 Å². The van der Waals surface area contributed by atoms with Gasteiger partial charge in [0.1, 0.15) is 6.04 Å². The highest BCUT2D eigenvalue weighted by molar-refractivity contribution is 8.02. The van der Waals surface area contributed by atoms with Crippen LogP contribution in [0.1, 0.15) is 38.3 Å². The monoisotopic (exact) mass is 509 g/mol. The fourth-order valence-corrected chi connectivity index (χ4v) is 8.55. The van der Waals surface area contributed by atoms with Crippen LogP contribution in [0.3, 0.4) is 0 Å². The van der Waals surface area contributed by atoms with Crippen molar-refractivity contribution < 1.29 is 19.5 Å². The lowest BCUT2D eigenvalue weighted by atomic mass is 9.78. The minimum absolute atomic E-state index is 0.0205. The first kappa shape index (κ1) is 25.1. The van der Waals surface area contributed by atoms with Crippen LogP contribution in [0.25, 0.3) is 0 Å². The van der Waals surface area contributed by atoms with E-state index >= 15 is 0 Å². The zero-order valence-electron chi connectivity index (χ0n) is 21.1. The van der Waals surface area contributed by atoms with Crippen LogP contribution in [0.2, 0.25) is 0 Å². The number of carbonyl (C=O) groups excluding carboxylic acids is 3. The van der Waals surface area contributed by atoms with Crippen molar-refractivity contribution in [3.63, 3.8) is 0 Å². The minimum Gasteiger partial charge on any atom is -0.394 e. The highest BCUT2D eigenvalue weighted by atomic mass is 32.2. The second-order valence-electron chi connectivity index (χ2n) is 10.4. The predicted octanol–water partition coefficient (Wildman–Crippen LogP) is 2.63.